The number of hydrogen-bond donors (Lipinski definition) is 1. The topological polar surface area (TPSA) is 92.6 Å². The molecule has 2 heterocycles. The first-order valence-corrected chi connectivity index (χ1v) is 10.2. The molecular formula is C21H21F3N6O3. The minimum absolute atomic E-state index is 0.143. The number of amides is 1. The molecule has 9 nitrogen and oxygen atoms in total. The summed E-state index contributed by atoms with van der Waals surface area (Å²) in [5, 5.41) is 11.3. The first-order chi connectivity index (χ1) is 15.8. The van der Waals surface area contributed by atoms with E-state index in [1.54, 1.807) is 24.3 Å². The Bertz CT molecular complexity index is 1170. The Balaban J connectivity index is 1.25. The molecule has 0 unspecified atom stereocenters. The Labute approximate surface area is 186 Å². The molecule has 4 rings (SSSR count). The van der Waals surface area contributed by atoms with Gasteiger partial charge in [-0.3, -0.25) is 19.4 Å². The summed E-state index contributed by atoms with van der Waals surface area (Å²) in [7, 11) is 0. The summed E-state index contributed by atoms with van der Waals surface area (Å²) in [5.41, 5.74) is 0.730. The van der Waals surface area contributed by atoms with E-state index in [-0.39, 0.29) is 23.8 Å². The second-order valence-electron chi connectivity index (χ2n) is 7.57. The number of halogens is 3. The highest BCUT2D eigenvalue weighted by atomic mass is 19.4. The smallest absolute Gasteiger partial charge is 0.406 e. The van der Waals surface area contributed by atoms with Gasteiger partial charge in [-0.1, -0.05) is 17.3 Å². The molecule has 1 aromatic heterocycles. The van der Waals surface area contributed by atoms with Crippen LogP contribution in [0.4, 0.5) is 18.9 Å². The van der Waals surface area contributed by atoms with Gasteiger partial charge < -0.3 is 10.1 Å². The number of hydrogen-bond acceptors (Lipinski definition) is 7. The number of piperazine rings is 1. The van der Waals surface area contributed by atoms with Crippen molar-refractivity contribution in [1.82, 2.24) is 24.8 Å². The average Bonchev–Trinajstić information content (AvgIpc) is 2.77. The number of carbonyl (C=O) groups is 1. The number of rotatable bonds is 6. The van der Waals surface area contributed by atoms with Crippen LogP contribution in [0.25, 0.3) is 10.9 Å². The lowest BCUT2D eigenvalue weighted by atomic mass is 10.2. The van der Waals surface area contributed by atoms with Crippen molar-refractivity contribution >= 4 is 22.5 Å². The van der Waals surface area contributed by atoms with E-state index >= 15 is 0 Å². The van der Waals surface area contributed by atoms with Crippen molar-refractivity contribution in [1.29, 1.82) is 0 Å². The Hall–Kier alpha value is -3.51. The maximum absolute atomic E-state index is 12.6. The number of fused-ring (bicyclic) bond motifs is 1. The van der Waals surface area contributed by atoms with Gasteiger partial charge in [-0.2, -0.15) is 4.68 Å². The SMILES string of the molecule is O=C(CN1CCN(Cn2nnc3ccccc3c2=O)CC1)Nc1ccc(OC(F)(F)F)cc1. The number of ether oxygens (including phenoxy) is 1. The lowest BCUT2D eigenvalue weighted by Gasteiger charge is -2.34. The highest BCUT2D eigenvalue weighted by Crippen LogP contribution is 2.24. The van der Waals surface area contributed by atoms with Crippen LogP contribution in [0.5, 0.6) is 5.75 Å². The molecule has 0 saturated carbocycles. The molecule has 3 aromatic rings. The molecule has 0 spiro atoms. The molecule has 2 aromatic carbocycles. The van der Waals surface area contributed by atoms with Crippen LogP contribution in [-0.2, 0) is 11.5 Å². The molecule has 1 N–H and O–H groups in total. The largest absolute Gasteiger partial charge is 0.573 e. The third-order valence-electron chi connectivity index (χ3n) is 5.17. The van der Waals surface area contributed by atoms with Gasteiger partial charge in [-0.15, -0.1) is 18.3 Å². The molecule has 0 atom stereocenters. The number of alkyl halides is 3. The fourth-order valence-electron chi connectivity index (χ4n) is 3.54. The molecule has 1 amide bonds. The third-order valence-corrected chi connectivity index (χ3v) is 5.17. The first kappa shape index (κ1) is 22.7. The van der Waals surface area contributed by atoms with Crippen LogP contribution in [0.2, 0.25) is 0 Å². The molecule has 1 fully saturated rings. The van der Waals surface area contributed by atoms with Crippen molar-refractivity contribution in [3.8, 4) is 5.75 Å². The summed E-state index contributed by atoms with van der Waals surface area (Å²) >= 11 is 0. The number of nitrogens with one attached hydrogen (secondary N) is 1. The predicted molar refractivity (Wildman–Crippen MR) is 114 cm³/mol. The standard InChI is InChI=1S/C21H21F3N6O3/c22-21(23,24)33-16-7-5-15(6-8-16)25-19(31)13-28-9-11-29(12-10-28)14-30-20(32)17-3-1-2-4-18(17)26-27-30/h1-8H,9-14H2,(H,25,31). The van der Waals surface area contributed by atoms with Gasteiger partial charge in [0.15, 0.2) is 0 Å². The van der Waals surface area contributed by atoms with Crippen LogP contribution in [0.3, 0.4) is 0 Å². The van der Waals surface area contributed by atoms with Crippen molar-refractivity contribution in [2.45, 2.75) is 13.0 Å². The van der Waals surface area contributed by atoms with E-state index in [4.69, 9.17) is 0 Å². The number of benzene rings is 2. The summed E-state index contributed by atoms with van der Waals surface area (Å²) in [5.74, 6) is -0.628. The summed E-state index contributed by atoms with van der Waals surface area (Å²) in [6.45, 7) is 2.95. The number of anilines is 1. The molecule has 33 heavy (non-hydrogen) atoms. The zero-order valence-electron chi connectivity index (χ0n) is 17.5. The summed E-state index contributed by atoms with van der Waals surface area (Å²) in [6, 6.07) is 12.0. The quantitative estimate of drug-likeness (QED) is 0.598. The number of aromatic nitrogens is 3. The predicted octanol–water partition coefficient (Wildman–Crippen LogP) is 1.90. The molecule has 1 aliphatic heterocycles. The molecule has 1 saturated heterocycles. The molecular weight excluding hydrogens is 441 g/mol. The first-order valence-electron chi connectivity index (χ1n) is 10.2. The monoisotopic (exact) mass is 462 g/mol. The van der Waals surface area contributed by atoms with Crippen LogP contribution < -0.4 is 15.6 Å². The van der Waals surface area contributed by atoms with Crippen LogP contribution in [-0.4, -0.2) is 69.8 Å². The van der Waals surface area contributed by atoms with E-state index in [1.165, 1.54) is 16.8 Å². The average molecular weight is 462 g/mol. The van der Waals surface area contributed by atoms with Crippen molar-refractivity contribution in [3.63, 3.8) is 0 Å². The van der Waals surface area contributed by atoms with Gasteiger partial charge in [0.2, 0.25) is 5.91 Å². The van der Waals surface area contributed by atoms with E-state index < -0.39 is 6.36 Å². The van der Waals surface area contributed by atoms with E-state index in [9.17, 15) is 22.8 Å². The Kier molecular flexibility index (Phi) is 6.56. The zero-order chi connectivity index (χ0) is 23.4. The fourth-order valence-corrected chi connectivity index (χ4v) is 3.54. The van der Waals surface area contributed by atoms with Crippen molar-refractivity contribution in [2.75, 3.05) is 38.0 Å². The molecule has 1 aliphatic rings. The number of carbonyl (C=O) groups excluding carboxylic acids is 1. The molecule has 0 radical (unpaired) electrons. The zero-order valence-corrected chi connectivity index (χ0v) is 17.5. The Morgan fingerprint density at radius 2 is 1.67 bits per heavy atom. The lowest BCUT2D eigenvalue weighted by molar-refractivity contribution is -0.274. The minimum atomic E-state index is -4.76. The second-order valence-corrected chi connectivity index (χ2v) is 7.57. The molecule has 0 bridgehead atoms. The van der Waals surface area contributed by atoms with Gasteiger partial charge in [-0.05, 0) is 36.4 Å². The number of nitrogens with zero attached hydrogens (tertiary/aromatic N) is 5. The van der Waals surface area contributed by atoms with Crippen LogP contribution >= 0.6 is 0 Å². The summed E-state index contributed by atoms with van der Waals surface area (Å²) < 4.78 is 41.8. The lowest BCUT2D eigenvalue weighted by Crippen LogP contribution is -2.49. The summed E-state index contributed by atoms with van der Waals surface area (Å²) in [6.07, 6.45) is -4.76. The van der Waals surface area contributed by atoms with Crippen LogP contribution in [0.1, 0.15) is 0 Å². The minimum Gasteiger partial charge on any atom is -0.406 e. The van der Waals surface area contributed by atoms with E-state index in [0.29, 0.717) is 49.4 Å². The molecule has 0 aliphatic carbocycles. The van der Waals surface area contributed by atoms with Gasteiger partial charge in [0.25, 0.3) is 5.56 Å². The van der Waals surface area contributed by atoms with Crippen LogP contribution in [0, 0.1) is 0 Å². The van der Waals surface area contributed by atoms with Gasteiger partial charge >= 0.3 is 6.36 Å². The highest BCUT2D eigenvalue weighted by Gasteiger charge is 2.31. The fraction of sp³-hybridized carbons (Fsp3) is 0.333. The van der Waals surface area contributed by atoms with Gasteiger partial charge in [0.05, 0.1) is 18.6 Å². The molecule has 174 valence electrons. The molecule has 12 heteroatoms. The van der Waals surface area contributed by atoms with Gasteiger partial charge in [0, 0.05) is 31.9 Å². The Morgan fingerprint density at radius 1 is 1.00 bits per heavy atom. The van der Waals surface area contributed by atoms with Gasteiger partial charge in [0.1, 0.15) is 11.3 Å². The normalized spacial score (nSPS) is 15.5. The van der Waals surface area contributed by atoms with E-state index in [2.05, 4.69) is 25.3 Å². The maximum Gasteiger partial charge on any atom is 0.573 e. The van der Waals surface area contributed by atoms with Crippen molar-refractivity contribution < 1.29 is 22.7 Å². The van der Waals surface area contributed by atoms with Crippen molar-refractivity contribution in [3.05, 3.63) is 58.9 Å². The van der Waals surface area contributed by atoms with Crippen LogP contribution in [0.15, 0.2) is 53.3 Å². The van der Waals surface area contributed by atoms with Gasteiger partial charge in [-0.25, -0.2) is 0 Å². The third kappa shape index (κ3) is 6.05. The second kappa shape index (κ2) is 9.55. The van der Waals surface area contributed by atoms with E-state index in [1.807, 2.05) is 4.90 Å². The maximum atomic E-state index is 12.6. The van der Waals surface area contributed by atoms with Crippen molar-refractivity contribution in [2.24, 2.45) is 0 Å². The Morgan fingerprint density at radius 3 is 2.36 bits per heavy atom. The highest BCUT2D eigenvalue weighted by molar-refractivity contribution is 5.92. The summed E-state index contributed by atoms with van der Waals surface area (Å²) in [4.78, 5) is 28.9. The van der Waals surface area contributed by atoms with E-state index in [0.717, 1.165) is 12.1 Å².